The Morgan fingerprint density at radius 1 is 1.28 bits per heavy atom. The molecule has 0 aliphatic heterocycles. The van der Waals surface area contributed by atoms with Crippen LogP contribution >= 0.6 is 34.8 Å². The smallest absolute Gasteiger partial charge is 0.153 e. The second kappa shape index (κ2) is 5.12. The predicted molar refractivity (Wildman–Crippen MR) is 77.2 cm³/mol. The highest BCUT2D eigenvalue weighted by molar-refractivity contribution is 6.46. The quantitative estimate of drug-likeness (QED) is 0.726. The number of carbonyl (C=O) groups is 1. The monoisotopic (exact) mass is 303 g/mol. The Bertz CT molecular complexity index is 616. The van der Waals surface area contributed by atoms with Gasteiger partial charge in [-0.3, -0.25) is 4.79 Å². The summed E-state index contributed by atoms with van der Waals surface area (Å²) in [5, 5.41) is 2.05. The highest BCUT2D eigenvalue weighted by atomic mass is 35.5. The van der Waals surface area contributed by atoms with Crippen LogP contribution in [0.5, 0.6) is 0 Å². The lowest BCUT2D eigenvalue weighted by atomic mass is 10.2. The van der Waals surface area contributed by atoms with Crippen LogP contribution in [-0.2, 0) is 6.54 Å². The van der Waals surface area contributed by atoms with E-state index in [2.05, 4.69) is 13.8 Å². The lowest BCUT2D eigenvalue weighted by Crippen LogP contribution is -2.04. The first-order valence-corrected chi connectivity index (χ1v) is 6.71. The number of carbonyl (C=O) groups excluding carboxylic acids is 1. The molecule has 1 aromatic carbocycles. The number of hydrogen-bond acceptors (Lipinski definition) is 1. The molecule has 0 bridgehead atoms. The minimum Gasteiger partial charge on any atom is -0.329 e. The number of nitrogens with zero attached hydrogens (tertiary/aromatic N) is 1. The van der Waals surface area contributed by atoms with E-state index in [1.54, 1.807) is 12.1 Å². The molecule has 0 aliphatic carbocycles. The first-order valence-electron chi connectivity index (χ1n) is 5.58. The topological polar surface area (TPSA) is 22.0 Å². The SMILES string of the molecule is CC(C)Cn1c(Cl)c(C=O)c2ccc(Cl)c(Cl)c21. The van der Waals surface area contributed by atoms with Gasteiger partial charge in [-0.2, -0.15) is 0 Å². The fourth-order valence-electron chi connectivity index (χ4n) is 2.02. The van der Waals surface area contributed by atoms with Gasteiger partial charge in [-0.1, -0.05) is 54.7 Å². The summed E-state index contributed by atoms with van der Waals surface area (Å²) in [7, 11) is 0. The first-order chi connectivity index (χ1) is 8.47. The second-order valence-corrected chi connectivity index (χ2v) is 5.73. The number of aromatic nitrogens is 1. The van der Waals surface area contributed by atoms with Crippen LogP contribution in [0, 0.1) is 5.92 Å². The van der Waals surface area contributed by atoms with Crippen molar-refractivity contribution in [3.63, 3.8) is 0 Å². The Morgan fingerprint density at radius 3 is 2.50 bits per heavy atom. The van der Waals surface area contributed by atoms with Gasteiger partial charge >= 0.3 is 0 Å². The Labute approximate surface area is 120 Å². The Hall–Kier alpha value is -0.700. The van der Waals surface area contributed by atoms with E-state index in [9.17, 15) is 4.79 Å². The average molecular weight is 305 g/mol. The zero-order chi connectivity index (χ0) is 13.4. The van der Waals surface area contributed by atoms with E-state index in [-0.39, 0.29) is 0 Å². The van der Waals surface area contributed by atoms with E-state index in [1.807, 2.05) is 4.57 Å². The molecule has 2 nitrogen and oxygen atoms in total. The van der Waals surface area contributed by atoms with Gasteiger partial charge in [0.15, 0.2) is 6.29 Å². The van der Waals surface area contributed by atoms with Crippen molar-refractivity contribution in [2.24, 2.45) is 5.92 Å². The van der Waals surface area contributed by atoms with Crippen LogP contribution in [0.4, 0.5) is 0 Å². The van der Waals surface area contributed by atoms with Gasteiger partial charge < -0.3 is 4.57 Å². The van der Waals surface area contributed by atoms with E-state index in [1.165, 1.54) is 0 Å². The van der Waals surface area contributed by atoms with E-state index in [4.69, 9.17) is 34.8 Å². The van der Waals surface area contributed by atoms with Crippen molar-refractivity contribution in [2.45, 2.75) is 20.4 Å². The van der Waals surface area contributed by atoms with Crippen LogP contribution < -0.4 is 0 Å². The summed E-state index contributed by atoms with van der Waals surface area (Å²) >= 11 is 18.5. The number of halogens is 3. The lowest BCUT2D eigenvalue weighted by molar-refractivity contribution is 0.112. The zero-order valence-electron chi connectivity index (χ0n) is 10.0. The Kier molecular flexibility index (Phi) is 3.90. The van der Waals surface area contributed by atoms with Crippen molar-refractivity contribution in [1.29, 1.82) is 0 Å². The molecule has 0 atom stereocenters. The van der Waals surface area contributed by atoms with Gasteiger partial charge in [0.2, 0.25) is 0 Å². The van der Waals surface area contributed by atoms with E-state index in [0.29, 0.717) is 33.2 Å². The van der Waals surface area contributed by atoms with Crippen LogP contribution in [-0.4, -0.2) is 10.9 Å². The molecular formula is C13H12Cl3NO. The molecule has 0 fully saturated rings. The molecule has 18 heavy (non-hydrogen) atoms. The van der Waals surface area contributed by atoms with Gasteiger partial charge in [-0.15, -0.1) is 0 Å². The normalized spacial score (nSPS) is 11.4. The molecule has 0 saturated carbocycles. The third-order valence-electron chi connectivity index (χ3n) is 2.75. The summed E-state index contributed by atoms with van der Waals surface area (Å²) in [5.41, 5.74) is 1.19. The van der Waals surface area contributed by atoms with Crippen LogP contribution in [0.2, 0.25) is 15.2 Å². The van der Waals surface area contributed by atoms with Gasteiger partial charge in [-0.25, -0.2) is 0 Å². The molecular weight excluding hydrogens is 293 g/mol. The highest BCUT2D eigenvalue weighted by Crippen LogP contribution is 2.37. The molecule has 5 heteroatoms. The molecule has 96 valence electrons. The summed E-state index contributed by atoms with van der Waals surface area (Å²) in [6.07, 6.45) is 0.756. The molecule has 0 aliphatic rings. The molecule has 0 radical (unpaired) electrons. The summed E-state index contributed by atoms with van der Waals surface area (Å²) in [6.45, 7) is 4.83. The van der Waals surface area contributed by atoms with Crippen molar-refractivity contribution in [3.05, 3.63) is 32.9 Å². The van der Waals surface area contributed by atoms with Crippen molar-refractivity contribution >= 4 is 52.0 Å². The number of fused-ring (bicyclic) bond motifs is 1. The highest BCUT2D eigenvalue weighted by Gasteiger charge is 2.19. The molecule has 2 aromatic rings. The summed E-state index contributed by atoms with van der Waals surface area (Å²) in [6, 6.07) is 3.45. The molecule has 1 heterocycles. The minimum atomic E-state index is 0.382. The molecule has 2 rings (SSSR count). The maximum absolute atomic E-state index is 11.2. The molecule has 1 aromatic heterocycles. The molecule has 0 spiro atoms. The lowest BCUT2D eigenvalue weighted by Gasteiger charge is -2.11. The zero-order valence-corrected chi connectivity index (χ0v) is 12.3. The summed E-state index contributed by atoms with van der Waals surface area (Å²) in [4.78, 5) is 11.2. The predicted octanol–water partition coefficient (Wildman–Crippen LogP) is 5.07. The molecule has 0 amide bonds. The third-order valence-corrected chi connectivity index (χ3v) is 3.96. The summed E-state index contributed by atoms with van der Waals surface area (Å²) < 4.78 is 1.85. The van der Waals surface area contributed by atoms with Gasteiger partial charge in [-0.05, 0) is 12.0 Å². The van der Waals surface area contributed by atoms with E-state index in [0.717, 1.165) is 17.2 Å². The van der Waals surface area contributed by atoms with E-state index < -0.39 is 0 Å². The minimum absolute atomic E-state index is 0.382. The fourth-order valence-corrected chi connectivity index (χ4v) is 2.74. The number of hydrogen-bond donors (Lipinski definition) is 0. The van der Waals surface area contributed by atoms with Crippen LogP contribution in [0.3, 0.4) is 0 Å². The number of aldehydes is 1. The number of benzene rings is 1. The maximum Gasteiger partial charge on any atom is 0.153 e. The standard InChI is InChI=1S/C13H12Cl3NO/c1-7(2)5-17-12-8(9(6-18)13(17)16)3-4-10(14)11(12)15/h3-4,6-7H,5H2,1-2H3. The van der Waals surface area contributed by atoms with Crippen molar-refractivity contribution in [2.75, 3.05) is 0 Å². The Morgan fingerprint density at radius 2 is 1.94 bits per heavy atom. The van der Waals surface area contributed by atoms with Crippen molar-refractivity contribution < 1.29 is 4.79 Å². The largest absolute Gasteiger partial charge is 0.329 e. The van der Waals surface area contributed by atoms with Gasteiger partial charge in [0.1, 0.15) is 5.15 Å². The third kappa shape index (κ3) is 2.13. The fraction of sp³-hybridized carbons (Fsp3) is 0.308. The second-order valence-electron chi connectivity index (χ2n) is 4.58. The average Bonchev–Trinajstić information content (AvgIpc) is 2.57. The van der Waals surface area contributed by atoms with E-state index >= 15 is 0 Å². The first kappa shape index (κ1) is 13.7. The number of rotatable bonds is 3. The molecule has 0 N–H and O–H groups in total. The van der Waals surface area contributed by atoms with Crippen LogP contribution in [0.25, 0.3) is 10.9 Å². The summed E-state index contributed by atoms with van der Waals surface area (Å²) in [5.74, 6) is 0.382. The van der Waals surface area contributed by atoms with Gasteiger partial charge in [0.05, 0.1) is 21.1 Å². The maximum atomic E-state index is 11.2. The van der Waals surface area contributed by atoms with Crippen LogP contribution in [0.15, 0.2) is 12.1 Å². The molecule has 0 saturated heterocycles. The van der Waals surface area contributed by atoms with Crippen LogP contribution in [0.1, 0.15) is 24.2 Å². The van der Waals surface area contributed by atoms with Crippen molar-refractivity contribution in [1.82, 2.24) is 4.57 Å². The van der Waals surface area contributed by atoms with Gasteiger partial charge in [0, 0.05) is 11.9 Å². The van der Waals surface area contributed by atoms with Crippen molar-refractivity contribution in [3.8, 4) is 0 Å². The molecule has 0 unspecified atom stereocenters. The Balaban J connectivity index is 2.86. The van der Waals surface area contributed by atoms with Gasteiger partial charge in [0.25, 0.3) is 0 Å².